The molecule has 10 heteroatoms. The summed E-state index contributed by atoms with van der Waals surface area (Å²) in [6.07, 6.45) is 2.21. The van der Waals surface area contributed by atoms with Gasteiger partial charge in [-0.25, -0.2) is 9.07 Å². The van der Waals surface area contributed by atoms with Gasteiger partial charge in [-0.1, -0.05) is 16.8 Å². The SMILES string of the molecule is [2H]C([2H])([2H])C([2H])(n1nc(CC2[C@@H]3CC[C@H]2CN(c2nc(C)no2)C3)nc1Oc1ccc(F)c(Cl)c1)C([2H])([2H])[2H]. The van der Waals surface area contributed by atoms with E-state index >= 15 is 0 Å². The van der Waals surface area contributed by atoms with Crippen molar-refractivity contribution in [2.45, 2.75) is 45.9 Å². The van der Waals surface area contributed by atoms with E-state index in [1.807, 2.05) is 0 Å². The Bertz CT molecular complexity index is 1340. The van der Waals surface area contributed by atoms with Crippen molar-refractivity contribution in [2.24, 2.45) is 17.8 Å². The molecule has 8 nitrogen and oxygen atoms in total. The summed E-state index contributed by atoms with van der Waals surface area (Å²) in [6.45, 7) is -3.55. The number of fused-ring (bicyclic) bond motifs is 2. The van der Waals surface area contributed by atoms with Crippen LogP contribution in [0.5, 0.6) is 11.8 Å². The van der Waals surface area contributed by atoms with Crippen molar-refractivity contribution in [2.75, 3.05) is 18.0 Å². The van der Waals surface area contributed by atoms with Crippen molar-refractivity contribution < 1.29 is 23.2 Å². The predicted molar refractivity (Wildman–Crippen MR) is 117 cm³/mol. The van der Waals surface area contributed by atoms with Crippen molar-refractivity contribution in [1.82, 2.24) is 24.9 Å². The minimum absolute atomic E-state index is 0.0248. The first kappa shape index (κ1) is 14.5. The molecule has 0 spiro atoms. The maximum absolute atomic E-state index is 13.7. The molecule has 1 unspecified atom stereocenters. The highest BCUT2D eigenvalue weighted by Gasteiger charge is 2.43. The Morgan fingerprint density at radius 3 is 2.75 bits per heavy atom. The molecule has 0 N–H and O–H groups in total. The van der Waals surface area contributed by atoms with E-state index in [0.29, 0.717) is 36.0 Å². The quantitative estimate of drug-likeness (QED) is 0.513. The first-order chi connectivity index (χ1) is 18.2. The Balaban J connectivity index is 1.48. The summed E-state index contributed by atoms with van der Waals surface area (Å²) in [6, 6.07) is 0.154. The number of aromatic nitrogens is 5. The van der Waals surface area contributed by atoms with Crippen LogP contribution in [-0.4, -0.2) is 38.0 Å². The second-order valence-electron chi connectivity index (χ2n) is 8.24. The van der Waals surface area contributed by atoms with Gasteiger partial charge < -0.3 is 14.2 Å². The molecule has 2 aromatic heterocycles. The van der Waals surface area contributed by atoms with Gasteiger partial charge in [0.1, 0.15) is 11.6 Å². The van der Waals surface area contributed by atoms with Crippen LogP contribution in [0.4, 0.5) is 10.4 Å². The lowest BCUT2D eigenvalue weighted by molar-refractivity contribution is 0.253. The Morgan fingerprint density at radius 1 is 1.31 bits per heavy atom. The van der Waals surface area contributed by atoms with Crippen LogP contribution < -0.4 is 9.64 Å². The van der Waals surface area contributed by atoms with E-state index in [0.717, 1.165) is 25.0 Å². The molecule has 1 saturated carbocycles. The molecule has 0 amide bonds. The number of nitrogens with zero attached hydrogens (tertiary/aromatic N) is 6. The Morgan fingerprint density at radius 2 is 2.09 bits per heavy atom. The van der Waals surface area contributed by atoms with E-state index in [1.54, 1.807) is 6.92 Å². The molecule has 2 aliphatic rings. The fourth-order valence-electron chi connectivity index (χ4n) is 4.73. The predicted octanol–water partition coefficient (Wildman–Crippen LogP) is 4.84. The molecular formula is C22H26ClFN6O2. The van der Waals surface area contributed by atoms with E-state index < -0.39 is 31.5 Å². The van der Waals surface area contributed by atoms with Crippen molar-refractivity contribution in [3.63, 3.8) is 0 Å². The van der Waals surface area contributed by atoms with Gasteiger partial charge in [0.15, 0.2) is 11.6 Å². The third-order valence-electron chi connectivity index (χ3n) is 6.17. The number of halogens is 2. The second-order valence-corrected chi connectivity index (χ2v) is 8.65. The summed E-state index contributed by atoms with van der Waals surface area (Å²) < 4.78 is 81.3. The topological polar surface area (TPSA) is 82.1 Å². The molecule has 3 atom stereocenters. The van der Waals surface area contributed by atoms with E-state index in [9.17, 15) is 4.39 Å². The molecule has 5 rings (SSSR count). The largest absolute Gasteiger partial charge is 0.424 e. The van der Waals surface area contributed by atoms with E-state index in [1.165, 1.54) is 6.07 Å². The number of anilines is 1. The average Bonchev–Trinajstić information content (AvgIpc) is 3.50. The number of rotatable bonds is 6. The zero-order chi connectivity index (χ0) is 28.3. The Hall–Kier alpha value is -2.68. The first-order valence-electron chi connectivity index (χ1n) is 13.8. The smallest absolute Gasteiger partial charge is 0.324 e. The summed E-state index contributed by atoms with van der Waals surface area (Å²) in [5.74, 6) is 0.545. The molecule has 32 heavy (non-hydrogen) atoms. The maximum atomic E-state index is 13.7. The number of piperidine rings is 1. The van der Waals surface area contributed by atoms with Crippen molar-refractivity contribution in [1.29, 1.82) is 0 Å². The lowest BCUT2D eigenvalue weighted by atomic mass is 9.82. The third-order valence-corrected chi connectivity index (χ3v) is 6.46. The van der Waals surface area contributed by atoms with Gasteiger partial charge in [0.2, 0.25) is 0 Å². The molecule has 2 fully saturated rings. The van der Waals surface area contributed by atoms with Gasteiger partial charge >= 0.3 is 12.0 Å². The number of hydrogen-bond acceptors (Lipinski definition) is 7. The summed E-state index contributed by atoms with van der Waals surface area (Å²) in [7, 11) is 0. The summed E-state index contributed by atoms with van der Waals surface area (Å²) in [5, 5.41) is 7.84. The summed E-state index contributed by atoms with van der Waals surface area (Å²) in [5.41, 5.74) is 0. The van der Waals surface area contributed by atoms with Crippen LogP contribution in [0, 0.1) is 30.5 Å². The van der Waals surface area contributed by atoms with E-state index in [4.69, 9.17) is 30.5 Å². The van der Waals surface area contributed by atoms with Gasteiger partial charge in [0.05, 0.1) is 12.4 Å². The monoisotopic (exact) mass is 467 g/mol. The van der Waals surface area contributed by atoms with Gasteiger partial charge in [-0.3, -0.25) is 0 Å². The fourth-order valence-corrected chi connectivity index (χ4v) is 4.90. The molecule has 3 aromatic rings. The highest BCUT2D eigenvalue weighted by atomic mass is 35.5. The number of hydrogen-bond donors (Lipinski definition) is 0. The van der Waals surface area contributed by atoms with Gasteiger partial charge in [0, 0.05) is 33.8 Å². The van der Waals surface area contributed by atoms with Gasteiger partial charge in [-0.2, -0.15) is 15.1 Å². The van der Waals surface area contributed by atoms with E-state index in [-0.39, 0.29) is 34.4 Å². The highest BCUT2D eigenvalue weighted by Crippen LogP contribution is 2.44. The normalized spacial score (nSPS) is 27.0. The third kappa shape index (κ3) is 4.05. The minimum atomic E-state index is -3.33. The van der Waals surface area contributed by atoms with Gasteiger partial charge in [-0.05, 0) is 63.4 Å². The van der Waals surface area contributed by atoms with Crippen LogP contribution >= 0.6 is 11.6 Å². The molecular weight excluding hydrogens is 435 g/mol. The van der Waals surface area contributed by atoms with Crippen molar-refractivity contribution in [3.05, 3.63) is 40.7 Å². The molecule has 170 valence electrons. The van der Waals surface area contributed by atoms with Gasteiger partial charge in [-0.15, -0.1) is 0 Å². The van der Waals surface area contributed by atoms with E-state index in [2.05, 4.69) is 25.1 Å². The zero-order valence-electron chi connectivity index (χ0n) is 24.3. The minimum Gasteiger partial charge on any atom is -0.424 e. The van der Waals surface area contributed by atoms with Crippen LogP contribution in [0.15, 0.2) is 22.7 Å². The maximum Gasteiger partial charge on any atom is 0.324 e. The fraction of sp³-hybridized carbons (Fsp3) is 0.545. The molecule has 1 aliphatic carbocycles. The first-order valence-corrected chi connectivity index (χ1v) is 10.7. The summed E-state index contributed by atoms with van der Waals surface area (Å²) >= 11 is 5.85. The highest BCUT2D eigenvalue weighted by molar-refractivity contribution is 6.30. The Kier molecular flexibility index (Phi) is 3.77. The molecule has 2 bridgehead atoms. The lowest BCUT2D eigenvalue weighted by Crippen LogP contribution is -2.43. The average molecular weight is 468 g/mol. The number of benzene rings is 1. The van der Waals surface area contributed by atoms with Crippen molar-refractivity contribution >= 4 is 17.6 Å². The molecule has 1 aromatic carbocycles. The Labute approximate surface area is 200 Å². The van der Waals surface area contributed by atoms with Crippen LogP contribution in [0.3, 0.4) is 0 Å². The van der Waals surface area contributed by atoms with Crippen molar-refractivity contribution in [3.8, 4) is 11.8 Å². The zero-order valence-corrected chi connectivity index (χ0v) is 18.0. The second kappa shape index (κ2) is 8.35. The van der Waals surface area contributed by atoms with Crippen LogP contribution in [0.25, 0.3) is 0 Å². The molecule has 1 aliphatic heterocycles. The standard InChI is InChI=1S/C22H26ClFN6O2/c1-12(2)30-22(31-16-6-7-19(24)18(23)8-16)26-20(27-30)9-17-14-4-5-15(17)11-29(10-14)21-25-13(3)28-32-21/h6-8,12,14-15,17H,4-5,9-11H2,1-3H3/t14-,15+,17?/i1D3,2D3,12D. The number of ether oxygens (including phenoxy) is 1. The summed E-state index contributed by atoms with van der Waals surface area (Å²) in [4.78, 5) is 10.7. The van der Waals surface area contributed by atoms with Crippen LogP contribution in [0.2, 0.25) is 5.02 Å². The molecule has 1 saturated heterocycles. The molecule has 3 heterocycles. The van der Waals surface area contributed by atoms with Gasteiger partial charge in [0.25, 0.3) is 0 Å². The number of aryl methyl sites for hydroxylation is 1. The van der Waals surface area contributed by atoms with Crippen LogP contribution in [-0.2, 0) is 6.42 Å². The lowest BCUT2D eigenvalue weighted by Gasteiger charge is -2.36. The van der Waals surface area contributed by atoms with Crippen LogP contribution in [0.1, 0.15) is 53.8 Å². The molecule has 0 radical (unpaired) electrons.